The monoisotopic (exact) mass is 332 g/mol. The lowest BCUT2D eigenvalue weighted by Crippen LogP contribution is -1.78. The molecule has 0 aliphatic rings. The van der Waals surface area contributed by atoms with Crippen LogP contribution in [-0.4, -0.2) is 0 Å². The van der Waals surface area contributed by atoms with Crippen LogP contribution in [0.1, 0.15) is 116 Å². The predicted octanol–water partition coefficient (Wildman–Crippen LogP) is 8.94. The van der Waals surface area contributed by atoms with Gasteiger partial charge < -0.3 is 0 Å². The van der Waals surface area contributed by atoms with E-state index in [1.165, 1.54) is 109 Å². The van der Waals surface area contributed by atoms with Crippen molar-refractivity contribution in [1.29, 1.82) is 0 Å². The highest BCUT2D eigenvalue weighted by atomic mass is 14.0. The van der Waals surface area contributed by atoms with Crippen LogP contribution in [0.25, 0.3) is 0 Å². The first-order valence-corrected chi connectivity index (χ1v) is 10.8. The molecular weight excluding hydrogens is 288 g/mol. The highest BCUT2D eigenvalue weighted by molar-refractivity contribution is 4.82. The van der Waals surface area contributed by atoms with Crippen molar-refractivity contribution in [2.75, 3.05) is 0 Å². The van der Waals surface area contributed by atoms with E-state index in [1.54, 1.807) is 0 Å². The van der Waals surface area contributed by atoms with Gasteiger partial charge in [-0.1, -0.05) is 82.2 Å². The van der Waals surface area contributed by atoms with Crippen LogP contribution in [0.15, 0.2) is 37.0 Å². The maximum atomic E-state index is 3.77. The zero-order chi connectivity index (χ0) is 17.6. The molecule has 0 saturated carbocycles. The van der Waals surface area contributed by atoms with Crippen molar-refractivity contribution in [2.24, 2.45) is 0 Å². The van der Waals surface area contributed by atoms with E-state index < -0.39 is 0 Å². The van der Waals surface area contributed by atoms with E-state index in [0.29, 0.717) is 0 Å². The van der Waals surface area contributed by atoms with Crippen molar-refractivity contribution < 1.29 is 0 Å². The Morgan fingerprint density at radius 1 is 0.458 bits per heavy atom. The van der Waals surface area contributed by atoms with Gasteiger partial charge in [0.2, 0.25) is 0 Å². The van der Waals surface area contributed by atoms with E-state index in [9.17, 15) is 0 Å². The third-order valence-electron chi connectivity index (χ3n) is 4.58. The Bertz CT molecular complexity index is 284. The highest BCUT2D eigenvalue weighted by Gasteiger charge is 1.89. The SMILES string of the molecule is C=CCCCCCCC=CCCCCCCC=CCCCCCC. The van der Waals surface area contributed by atoms with Gasteiger partial charge in [0.15, 0.2) is 0 Å². The van der Waals surface area contributed by atoms with Crippen LogP contribution in [0.4, 0.5) is 0 Å². The van der Waals surface area contributed by atoms with Crippen LogP contribution in [0.2, 0.25) is 0 Å². The van der Waals surface area contributed by atoms with Crippen molar-refractivity contribution >= 4 is 0 Å². The molecule has 0 fully saturated rings. The van der Waals surface area contributed by atoms with Crippen LogP contribution < -0.4 is 0 Å². The maximum Gasteiger partial charge on any atom is -0.0351 e. The molecule has 0 rings (SSSR count). The molecule has 0 spiro atoms. The second-order valence-corrected chi connectivity index (χ2v) is 7.06. The van der Waals surface area contributed by atoms with E-state index in [0.717, 1.165) is 0 Å². The lowest BCUT2D eigenvalue weighted by atomic mass is 10.1. The topological polar surface area (TPSA) is 0 Å². The third kappa shape index (κ3) is 21.2. The highest BCUT2D eigenvalue weighted by Crippen LogP contribution is 2.09. The molecule has 0 nitrogen and oxygen atoms in total. The molecule has 0 aliphatic heterocycles. The smallest absolute Gasteiger partial charge is 0.0351 e. The van der Waals surface area contributed by atoms with Crippen LogP contribution in [0.3, 0.4) is 0 Å². The van der Waals surface area contributed by atoms with Gasteiger partial charge in [0.1, 0.15) is 0 Å². The van der Waals surface area contributed by atoms with Crippen LogP contribution >= 0.6 is 0 Å². The van der Waals surface area contributed by atoms with E-state index in [-0.39, 0.29) is 0 Å². The Hall–Kier alpha value is -0.780. The van der Waals surface area contributed by atoms with Crippen molar-refractivity contribution in [3.63, 3.8) is 0 Å². The van der Waals surface area contributed by atoms with Gasteiger partial charge in [-0.05, 0) is 64.2 Å². The largest absolute Gasteiger partial charge is 0.103 e. The molecule has 0 N–H and O–H groups in total. The second-order valence-electron chi connectivity index (χ2n) is 7.06. The number of rotatable bonds is 19. The van der Waals surface area contributed by atoms with E-state index in [4.69, 9.17) is 0 Å². The summed E-state index contributed by atoms with van der Waals surface area (Å²) in [5.74, 6) is 0. The summed E-state index contributed by atoms with van der Waals surface area (Å²) in [5, 5.41) is 0. The predicted molar refractivity (Wildman–Crippen MR) is 113 cm³/mol. The molecule has 0 aliphatic carbocycles. The zero-order valence-corrected chi connectivity index (χ0v) is 16.6. The molecule has 0 aromatic heterocycles. The van der Waals surface area contributed by atoms with Gasteiger partial charge >= 0.3 is 0 Å². The molecular formula is C24H44. The first-order chi connectivity index (χ1) is 11.9. The van der Waals surface area contributed by atoms with Crippen molar-refractivity contribution in [3.8, 4) is 0 Å². The third-order valence-corrected chi connectivity index (χ3v) is 4.58. The van der Waals surface area contributed by atoms with Crippen LogP contribution in [-0.2, 0) is 0 Å². The van der Waals surface area contributed by atoms with Crippen LogP contribution in [0, 0.1) is 0 Å². The number of hydrogen-bond acceptors (Lipinski definition) is 0. The molecule has 0 unspecified atom stereocenters. The average molecular weight is 333 g/mol. The second kappa shape index (κ2) is 22.2. The quantitative estimate of drug-likeness (QED) is 0.163. The fourth-order valence-corrected chi connectivity index (χ4v) is 2.94. The van der Waals surface area contributed by atoms with Crippen molar-refractivity contribution in [1.82, 2.24) is 0 Å². The van der Waals surface area contributed by atoms with Crippen molar-refractivity contribution in [3.05, 3.63) is 37.0 Å². The summed E-state index contributed by atoms with van der Waals surface area (Å²) in [6.45, 7) is 6.04. The summed E-state index contributed by atoms with van der Waals surface area (Å²) in [7, 11) is 0. The van der Waals surface area contributed by atoms with Gasteiger partial charge in [0.25, 0.3) is 0 Å². The summed E-state index contributed by atoms with van der Waals surface area (Å²) in [4.78, 5) is 0. The summed E-state index contributed by atoms with van der Waals surface area (Å²) in [6.07, 6.45) is 34.5. The Morgan fingerprint density at radius 2 is 0.792 bits per heavy atom. The lowest BCUT2D eigenvalue weighted by Gasteiger charge is -1.98. The van der Waals surface area contributed by atoms with Crippen LogP contribution in [0.5, 0.6) is 0 Å². The van der Waals surface area contributed by atoms with Gasteiger partial charge in [0, 0.05) is 0 Å². The molecule has 140 valence electrons. The van der Waals surface area contributed by atoms with E-state index in [2.05, 4.69) is 37.8 Å². The Balaban J connectivity index is 3.12. The van der Waals surface area contributed by atoms with Gasteiger partial charge in [-0.2, -0.15) is 0 Å². The molecule has 0 radical (unpaired) electrons. The fourth-order valence-electron chi connectivity index (χ4n) is 2.94. The van der Waals surface area contributed by atoms with E-state index >= 15 is 0 Å². The number of allylic oxidation sites excluding steroid dienone is 5. The summed E-state index contributed by atoms with van der Waals surface area (Å²) >= 11 is 0. The molecule has 24 heavy (non-hydrogen) atoms. The van der Waals surface area contributed by atoms with Crippen molar-refractivity contribution in [2.45, 2.75) is 116 Å². The van der Waals surface area contributed by atoms with Gasteiger partial charge in [-0.15, -0.1) is 6.58 Å². The standard InChI is InChI=1S/C24H44/c1-3-5-7-9-11-13-15-17-19-21-23-24-22-20-18-16-14-12-10-8-6-4-2/h3,14,16-17,19H,1,4-13,15,18,20-24H2,2H3. The maximum absolute atomic E-state index is 3.77. The molecule has 0 heteroatoms. The average Bonchev–Trinajstić information content (AvgIpc) is 2.60. The number of unbranched alkanes of at least 4 members (excludes halogenated alkanes) is 14. The minimum absolute atomic E-state index is 1.19. The molecule has 0 aromatic carbocycles. The summed E-state index contributed by atoms with van der Waals surface area (Å²) < 4.78 is 0. The fraction of sp³-hybridized carbons (Fsp3) is 0.750. The normalized spacial score (nSPS) is 11.7. The minimum Gasteiger partial charge on any atom is -0.103 e. The van der Waals surface area contributed by atoms with Gasteiger partial charge in [0.05, 0.1) is 0 Å². The zero-order valence-electron chi connectivity index (χ0n) is 16.6. The lowest BCUT2D eigenvalue weighted by molar-refractivity contribution is 0.644. The van der Waals surface area contributed by atoms with E-state index in [1.807, 2.05) is 6.08 Å². The molecule has 0 atom stereocenters. The number of hydrogen-bond donors (Lipinski definition) is 0. The van der Waals surface area contributed by atoms with Gasteiger partial charge in [-0.25, -0.2) is 0 Å². The summed E-state index contributed by atoms with van der Waals surface area (Å²) in [6, 6.07) is 0. The molecule has 0 saturated heterocycles. The molecule has 0 heterocycles. The first-order valence-electron chi connectivity index (χ1n) is 10.8. The molecule has 0 bridgehead atoms. The Kier molecular flexibility index (Phi) is 21.5. The van der Waals surface area contributed by atoms with Gasteiger partial charge in [-0.3, -0.25) is 0 Å². The Morgan fingerprint density at radius 3 is 1.12 bits per heavy atom. The summed E-state index contributed by atoms with van der Waals surface area (Å²) in [5.41, 5.74) is 0. The first kappa shape index (κ1) is 23.2. The molecule has 0 amide bonds. The molecule has 0 aromatic rings. The Labute approximate surface area is 153 Å². The minimum atomic E-state index is 1.19.